The Balaban J connectivity index is 2.33. The molecule has 2 heterocycles. The number of hydrogen-bond acceptors (Lipinski definition) is 5. The number of anilines is 1. The van der Waals surface area contributed by atoms with Gasteiger partial charge in [0.25, 0.3) is 0 Å². The highest BCUT2D eigenvalue weighted by atomic mass is 35.5. The van der Waals surface area contributed by atoms with Gasteiger partial charge in [0.05, 0.1) is 13.0 Å². The third-order valence-electron chi connectivity index (χ3n) is 2.84. The molecule has 6 nitrogen and oxygen atoms in total. The molecule has 8 heteroatoms. The van der Waals surface area contributed by atoms with E-state index in [9.17, 15) is 9.59 Å². The molecule has 0 aliphatic carbocycles. The van der Waals surface area contributed by atoms with Gasteiger partial charge in [0.2, 0.25) is 5.91 Å². The molecule has 0 N–H and O–H groups in total. The first kappa shape index (κ1) is 14.0. The van der Waals surface area contributed by atoms with Crippen LogP contribution in [0.5, 0.6) is 0 Å². The second kappa shape index (κ2) is 5.30. The second-order valence-corrected chi connectivity index (χ2v) is 4.85. The van der Waals surface area contributed by atoms with Gasteiger partial charge < -0.3 is 9.64 Å². The van der Waals surface area contributed by atoms with Gasteiger partial charge >= 0.3 is 5.97 Å². The number of amides is 1. The van der Waals surface area contributed by atoms with E-state index >= 15 is 0 Å². The smallest absolute Gasteiger partial charge is 0.311 e. The van der Waals surface area contributed by atoms with Crippen molar-refractivity contribution in [2.75, 3.05) is 18.6 Å². The fourth-order valence-electron chi connectivity index (χ4n) is 1.97. The standard InChI is InChI=1S/C11H11Cl2N3O3/c1-5-14-9(12)8(10(13)15-5)16-4-6(3-7(16)17)11(18)19-2/h6H,3-4H2,1-2H3. The quantitative estimate of drug-likeness (QED) is 0.613. The Morgan fingerprint density at radius 3 is 2.47 bits per heavy atom. The predicted octanol–water partition coefficient (Wildman–Crippen LogP) is 1.62. The average molecular weight is 304 g/mol. The van der Waals surface area contributed by atoms with Crippen molar-refractivity contribution < 1.29 is 14.3 Å². The Kier molecular flexibility index (Phi) is 3.91. The van der Waals surface area contributed by atoms with Crippen molar-refractivity contribution in [3.63, 3.8) is 0 Å². The number of nitrogens with zero attached hydrogens (tertiary/aromatic N) is 3. The topological polar surface area (TPSA) is 72.4 Å². The van der Waals surface area contributed by atoms with Crippen LogP contribution in [0.2, 0.25) is 10.3 Å². The molecule has 19 heavy (non-hydrogen) atoms. The molecule has 1 saturated heterocycles. The fraction of sp³-hybridized carbons (Fsp3) is 0.455. The molecule has 1 fully saturated rings. The number of rotatable bonds is 2. The summed E-state index contributed by atoms with van der Waals surface area (Å²) < 4.78 is 4.63. The molecule has 0 saturated carbocycles. The van der Waals surface area contributed by atoms with Gasteiger partial charge in [-0.05, 0) is 6.92 Å². The van der Waals surface area contributed by atoms with Crippen molar-refractivity contribution in [2.45, 2.75) is 13.3 Å². The summed E-state index contributed by atoms with van der Waals surface area (Å²) in [4.78, 5) is 32.7. The Labute approximate surface area is 119 Å². The van der Waals surface area contributed by atoms with Crippen LogP contribution in [-0.4, -0.2) is 35.5 Å². The monoisotopic (exact) mass is 303 g/mol. The van der Waals surface area contributed by atoms with Gasteiger partial charge in [-0.15, -0.1) is 0 Å². The maximum Gasteiger partial charge on any atom is 0.311 e. The molecule has 0 bridgehead atoms. The van der Waals surface area contributed by atoms with E-state index in [2.05, 4.69) is 14.7 Å². The van der Waals surface area contributed by atoms with Crippen LogP contribution in [0, 0.1) is 12.8 Å². The second-order valence-electron chi connectivity index (χ2n) is 4.13. The lowest BCUT2D eigenvalue weighted by atomic mass is 10.1. The molecule has 1 amide bonds. The Morgan fingerprint density at radius 1 is 1.37 bits per heavy atom. The first-order valence-electron chi connectivity index (χ1n) is 5.52. The van der Waals surface area contributed by atoms with Gasteiger partial charge in [0.1, 0.15) is 11.5 Å². The fourth-order valence-corrected chi connectivity index (χ4v) is 2.65. The number of esters is 1. The van der Waals surface area contributed by atoms with Gasteiger partial charge in [-0.1, -0.05) is 23.2 Å². The number of aryl methyl sites for hydroxylation is 1. The lowest BCUT2D eigenvalue weighted by Gasteiger charge is -2.18. The van der Waals surface area contributed by atoms with Gasteiger partial charge in [-0.25, -0.2) is 9.97 Å². The van der Waals surface area contributed by atoms with Crippen LogP contribution in [0.1, 0.15) is 12.2 Å². The number of methoxy groups -OCH3 is 1. The highest BCUT2D eigenvalue weighted by molar-refractivity contribution is 6.38. The minimum Gasteiger partial charge on any atom is -0.469 e. The number of halogens is 2. The summed E-state index contributed by atoms with van der Waals surface area (Å²) in [7, 11) is 1.28. The lowest BCUT2D eigenvalue weighted by Crippen LogP contribution is -2.27. The van der Waals surface area contributed by atoms with E-state index in [-0.39, 0.29) is 34.9 Å². The van der Waals surface area contributed by atoms with Gasteiger partial charge in [0.15, 0.2) is 10.3 Å². The number of carbonyl (C=O) groups excluding carboxylic acids is 2. The molecule has 1 unspecified atom stereocenters. The summed E-state index contributed by atoms with van der Waals surface area (Å²) in [6, 6.07) is 0. The molecule has 1 aliphatic rings. The van der Waals surface area contributed by atoms with E-state index in [1.165, 1.54) is 12.0 Å². The minimum absolute atomic E-state index is 0.0627. The Bertz CT molecular complexity index is 527. The van der Waals surface area contributed by atoms with Crippen LogP contribution in [0.4, 0.5) is 5.69 Å². The van der Waals surface area contributed by atoms with E-state index < -0.39 is 11.9 Å². The summed E-state index contributed by atoms with van der Waals surface area (Å²) in [6.45, 7) is 1.81. The van der Waals surface area contributed by atoms with E-state index in [4.69, 9.17) is 23.2 Å². The predicted molar refractivity (Wildman–Crippen MR) is 69.3 cm³/mol. The van der Waals surface area contributed by atoms with Crippen molar-refractivity contribution in [3.05, 3.63) is 16.1 Å². The van der Waals surface area contributed by atoms with Crippen molar-refractivity contribution in [2.24, 2.45) is 5.92 Å². The zero-order valence-electron chi connectivity index (χ0n) is 10.3. The number of carbonyl (C=O) groups is 2. The molecule has 0 radical (unpaired) electrons. The van der Waals surface area contributed by atoms with E-state index in [0.717, 1.165) is 0 Å². The zero-order valence-corrected chi connectivity index (χ0v) is 11.8. The first-order chi connectivity index (χ1) is 8.93. The maximum atomic E-state index is 11.9. The third-order valence-corrected chi connectivity index (χ3v) is 3.37. The van der Waals surface area contributed by atoms with Crippen LogP contribution in [0.3, 0.4) is 0 Å². The molecular weight excluding hydrogens is 293 g/mol. The number of hydrogen-bond donors (Lipinski definition) is 0. The molecule has 102 valence electrons. The SMILES string of the molecule is COC(=O)C1CC(=O)N(c2c(Cl)nc(C)nc2Cl)C1. The number of ether oxygens (including phenoxy) is 1. The van der Waals surface area contributed by atoms with Crippen LogP contribution < -0.4 is 4.90 Å². The van der Waals surface area contributed by atoms with Gasteiger partial charge in [-0.3, -0.25) is 9.59 Å². The van der Waals surface area contributed by atoms with Crippen molar-refractivity contribution in [1.82, 2.24) is 9.97 Å². The van der Waals surface area contributed by atoms with E-state index in [0.29, 0.717) is 5.82 Å². The molecule has 1 atom stereocenters. The molecular formula is C11H11Cl2N3O3. The summed E-state index contributed by atoms with van der Waals surface area (Å²) in [5.41, 5.74) is 0.241. The lowest BCUT2D eigenvalue weighted by molar-refractivity contribution is -0.145. The van der Waals surface area contributed by atoms with E-state index in [1.54, 1.807) is 6.92 Å². The maximum absolute atomic E-state index is 11.9. The highest BCUT2D eigenvalue weighted by Gasteiger charge is 2.38. The molecule has 0 spiro atoms. The largest absolute Gasteiger partial charge is 0.469 e. The average Bonchev–Trinajstić information content (AvgIpc) is 2.69. The number of aromatic nitrogens is 2. The van der Waals surface area contributed by atoms with Crippen LogP contribution in [0.15, 0.2) is 0 Å². The molecule has 0 aromatic carbocycles. The summed E-state index contributed by atoms with van der Waals surface area (Å²) in [5, 5.41) is 0.188. The zero-order chi connectivity index (χ0) is 14.2. The van der Waals surface area contributed by atoms with Crippen molar-refractivity contribution in [3.8, 4) is 0 Å². The third kappa shape index (κ3) is 2.64. The molecule has 1 aromatic rings. The van der Waals surface area contributed by atoms with Crippen LogP contribution >= 0.6 is 23.2 Å². The van der Waals surface area contributed by atoms with Crippen molar-refractivity contribution >= 4 is 40.8 Å². The van der Waals surface area contributed by atoms with Gasteiger partial charge in [0, 0.05) is 13.0 Å². The van der Waals surface area contributed by atoms with Crippen LogP contribution in [0.25, 0.3) is 0 Å². The molecule has 1 aromatic heterocycles. The minimum atomic E-state index is -0.522. The normalized spacial score (nSPS) is 18.8. The van der Waals surface area contributed by atoms with E-state index in [1.807, 2.05) is 0 Å². The van der Waals surface area contributed by atoms with Crippen LogP contribution in [-0.2, 0) is 14.3 Å². The first-order valence-corrected chi connectivity index (χ1v) is 6.27. The summed E-state index contributed by atoms with van der Waals surface area (Å²) >= 11 is 12.0. The Morgan fingerprint density at radius 2 is 1.95 bits per heavy atom. The Hall–Kier alpha value is -1.40. The van der Waals surface area contributed by atoms with Crippen molar-refractivity contribution in [1.29, 1.82) is 0 Å². The molecule has 1 aliphatic heterocycles. The highest BCUT2D eigenvalue weighted by Crippen LogP contribution is 2.35. The molecule has 2 rings (SSSR count). The van der Waals surface area contributed by atoms with Gasteiger partial charge in [-0.2, -0.15) is 0 Å². The summed E-state index contributed by atoms with van der Waals surface area (Å²) in [6.07, 6.45) is 0.0627. The summed E-state index contributed by atoms with van der Waals surface area (Å²) in [5.74, 6) is -0.802.